The highest BCUT2D eigenvalue weighted by molar-refractivity contribution is 8.13. The highest BCUT2D eigenvalue weighted by atomic mass is 32.2. The largest absolute Gasteiger partial charge is 0.379 e. The lowest BCUT2D eigenvalue weighted by molar-refractivity contribution is 0.0987. The van der Waals surface area contributed by atoms with Crippen molar-refractivity contribution in [1.29, 1.82) is 0 Å². The molecule has 0 unspecified atom stereocenters. The van der Waals surface area contributed by atoms with Crippen LogP contribution in [0.3, 0.4) is 0 Å². The zero-order valence-corrected chi connectivity index (χ0v) is 16.8. The van der Waals surface area contributed by atoms with Crippen molar-refractivity contribution in [3.05, 3.63) is 53.1 Å². The fourth-order valence-electron chi connectivity index (χ4n) is 2.98. The number of amidine groups is 1. The maximum absolute atomic E-state index is 12.5. The van der Waals surface area contributed by atoms with Crippen molar-refractivity contribution in [1.82, 2.24) is 9.97 Å². The number of nitrogens with zero attached hydrogens (tertiary/aromatic N) is 3. The van der Waals surface area contributed by atoms with Crippen LogP contribution in [0, 0.1) is 6.92 Å². The number of rotatable bonds is 5. The minimum atomic E-state index is -0.351. The third-order valence-electron chi connectivity index (χ3n) is 4.47. The van der Waals surface area contributed by atoms with E-state index < -0.39 is 0 Å². The Morgan fingerprint density at radius 2 is 2.15 bits per heavy atom. The van der Waals surface area contributed by atoms with E-state index in [1.165, 1.54) is 4.90 Å². The molecule has 26 heavy (non-hydrogen) atoms. The van der Waals surface area contributed by atoms with E-state index in [4.69, 9.17) is 10.7 Å². The van der Waals surface area contributed by atoms with Crippen LogP contribution in [-0.2, 0) is 12.0 Å². The van der Waals surface area contributed by atoms with Crippen LogP contribution >= 0.6 is 23.5 Å². The molecule has 0 aliphatic carbocycles. The molecule has 2 heterocycles. The molecule has 0 spiro atoms. The third kappa shape index (κ3) is 4.10. The predicted molar refractivity (Wildman–Crippen MR) is 109 cm³/mol. The van der Waals surface area contributed by atoms with Crippen LogP contribution in [-0.4, -0.2) is 32.9 Å². The van der Waals surface area contributed by atoms with Gasteiger partial charge in [-0.2, -0.15) is 0 Å². The number of benzene rings is 1. The molecule has 0 bridgehead atoms. The van der Waals surface area contributed by atoms with Gasteiger partial charge >= 0.3 is 0 Å². The first-order valence-electron chi connectivity index (χ1n) is 8.38. The number of thioether (sulfide) groups is 2. The number of carbonyl (C=O) groups is 1. The van der Waals surface area contributed by atoms with Crippen molar-refractivity contribution in [2.45, 2.75) is 37.1 Å². The summed E-state index contributed by atoms with van der Waals surface area (Å²) in [7, 11) is 0. The van der Waals surface area contributed by atoms with Gasteiger partial charge in [0.05, 0.1) is 17.4 Å². The van der Waals surface area contributed by atoms with Crippen molar-refractivity contribution in [2.24, 2.45) is 10.7 Å². The van der Waals surface area contributed by atoms with Crippen molar-refractivity contribution in [3.63, 3.8) is 0 Å². The molecule has 1 aliphatic rings. The molecule has 0 radical (unpaired) electrons. The van der Waals surface area contributed by atoms with Crippen LogP contribution in [0.4, 0.5) is 0 Å². The lowest BCUT2D eigenvalue weighted by Crippen LogP contribution is -2.29. The fraction of sp³-hybridized carbons (Fsp3) is 0.368. The molecule has 1 aromatic heterocycles. The van der Waals surface area contributed by atoms with E-state index in [0.29, 0.717) is 17.3 Å². The van der Waals surface area contributed by atoms with Gasteiger partial charge in [-0.15, -0.1) is 11.8 Å². The lowest BCUT2D eigenvalue weighted by Gasteiger charge is -2.31. The summed E-state index contributed by atoms with van der Waals surface area (Å²) in [4.78, 5) is 26.8. The molecule has 3 rings (SSSR count). The molecule has 7 heteroatoms. The van der Waals surface area contributed by atoms with Gasteiger partial charge in [0, 0.05) is 23.3 Å². The summed E-state index contributed by atoms with van der Waals surface area (Å²) in [6.45, 7) is 3.97. The van der Waals surface area contributed by atoms with Gasteiger partial charge in [0.15, 0.2) is 11.0 Å². The fourth-order valence-corrected chi connectivity index (χ4v) is 4.66. The summed E-state index contributed by atoms with van der Waals surface area (Å²) in [5, 5.41) is 0.627. The number of aryl methyl sites for hydroxylation is 1. The lowest BCUT2D eigenvalue weighted by atomic mass is 9.88. The first kappa shape index (κ1) is 18.9. The third-order valence-corrected chi connectivity index (χ3v) is 6.06. The van der Waals surface area contributed by atoms with E-state index in [9.17, 15) is 4.79 Å². The molecule has 5 nitrogen and oxygen atoms in total. The molecule has 2 N–H and O–H groups in total. The minimum Gasteiger partial charge on any atom is -0.379 e. The van der Waals surface area contributed by atoms with Crippen molar-refractivity contribution in [3.8, 4) is 0 Å². The van der Waals surface area contributed by atoms with Crippen molar-refractivity contribution < 1.29 is 4.79 Å². The SMILES string of the molecule is CSc1ccc(CC(=O)c2cnc(C)cn2)cc1[C@]1(C)CCSC(N)=N1. The standard InChI is InChI=1S/C19H22N4OS2/c1-12-10-22-15(11-21-12)16(24)9-13-4-5-17(25-3)14(8-13)19(2)6-7-26-18(20)23-19/h4-5,8,10-11H,6-7,9H2,1-3H3,(H2,20,23)/t19-/m0/s1. The van der Waals surface area contributed by atoms with E-state index in [2.05, 4.69) is 35.3 Å². The maximum atomic E-state index is 12.5. The van der Waals surface area contributed by atoms with E-state index >= 15 is 0 Å². The number of carbonyl (C=O) groups excluding carboxylic acids is 1. The van der Waals surface area contributed by atoms with Crippen LogP contribution in [0.15, 0.2) is 40.5 Å². The molecule has 136 valence electrons. The Morgan fingerprint density at radius 3 is 2.81 bits per heavy atom. The predicted octanol–water partition coefficient (Wildman–Crippen LogP) is 3.60. The first-order valence-corrected chi connectivity index (χ1v) is 10.6. The Bertz CT molecular complexity index is 851. The zero-order chi connectivity index (χ0) is 18.7. The zero-order valence-electron chi connectivity index (χ0n) is 15.2. The summed E-state index contributed by atoms with van der Waals surface area (Å²) in [6, 6.07) is 6.17. The van der Waals surface area contributed by atoms with E-state index in [1.807, 2.05) is 13.0 Å². The van der Waals surface area contributed by atoms with Crippen molar-refractivity contribution >= 4 is 34.5 Å². The number of ketones is 1. The van der Waals surface area contributed by atoms with Crippen LogP contribution < -0.4 is 5.73 Å². The van der Waals surface area contributed by atoms with Gasteiger partial charge in [-0.1, -0.05) is 23.9 Å². The first-order chi connectivity index (χ1) is 12.4. The molecule has 0 amide bonds. The van der Waals surface area contributed by atoms with Crippen LogP contribution in [0.1, 0.15) is 40.7 Å². The number of nitrogens with two attached hydrogens (primary N) is 1. The smallest absolute Gasteiger partial charge is 0.187 e. The quantitative estimate of drug-likeness (QED) is 0.625. The summed E-state index contributed by atoms with van der Waals surface area (Å²) >= 11 is 3.28. The Morgan fingerprint density at radius 1 is 1.35 bits per heavy atom. The molecule has 1 atom stereocenters. The van der Waals surface area contributed by atoms with Crippen LogP contribution in [0.5, 0.6) is 0 Å². The Kier molecular flexibility index (Phi) is 5.67. The number of hydrogen-bond acceptors (Lipinski definition) is 7. The summed E-state index contributed by atoms with van der Waals surface area (Å²) in [5.41, 5.74) is 8.92. The van der Waals surface area contributed by atoms with Gasteiger partial charge in [-0.3, -0.25) is 14.8 Å². The average Bonchev–Trinajstić information content (AvgIpc) is 2.62. The molecule has 0 fully saturated rings. The second-order valence-electron chi connectivity index (χ2n) is 6.50. The topological polar surface area (TPSA) is 81.2 Å². The van der Waals surface area contributed by atoms with E-state index in [-0.39, 0.29) is 11.3 Å². The van der Waals surface area contributed by atoms with Crippen molar-refractivity contribution in [2.75, 3.05) is 12.0 Å². The molecule has 1 aliphatic heterocycles. The molecule has 2 aromatic rings. The van der Waals surface area contributed by atoms with Gasteiger partial charge in [0.1, 0.15) is 5.69 Å². The normalized spacial score (nSPS) is 19.9. The monoisotopic (exact) mass is 386 g/mol. The summed E-state index contributed by atoms with van der Waals surface area (Å²) < 4.78 is 0. The van der Waals surface area contributed by atoms with Gasteiger partial charge in [-0.05, 0) is 43.7 Å². The maximum Gasteiger partial charge on any atom is 0.187 e. The molecular weight excluding hydrogens is 364 g/mol. The molecule has 1 aromatic carbocycles. The second-order valence-corrected chi connectivity index (χ2v) is 8.46. The second kappa shape index (κ2) is 7.80. The highest BCUT2D eigenvalue weighted by Crippen LogP contribution is 2.40. The highest BCUT2D eigenvalue weighted by Gasteiger charge is 2.31. The Hall–Kier alpha value is -1.86. The van der Waals surface area contributed by atoms with Crippen LogP contribution in [0.2, 0.25) is 0 Å². The van der Waals surface area contributed by atoms with Crippen LogP contribution in [0.25, 0.3) is 0 Å². The Balaban J connectivity index is 1.91. The van der Waals surface area contributed by atoms with E-state index in [0.717, 1.165) is 29.0 Å². The van der Waals surface area contributed by atoms with Gasteiger partial charge in [0.25, 0.3) is 0 Å². The number of hydrogen-bond donors (Lipinski definition) is 1. The summed E-state index contributed by atoms with van der Waals surface area (Å²) in [5.74, 6) is 0.912. The van der Waals surface area contributed by atoms with E-state index in [1.54, 1.807) is 35.9 Å². The van der Waals surface area contributed by atoms with Gasteiger partial charge in [0.2, 0.25) is 0 Å². The number of Topliss-reactive ketones (excluding diaryl/α,β-unsaturated/α-hetero) is 1. The molecular formula is C19H22N4OS2. The van der Waals surface area contributed by atoms with Gasteiger partial charge < -0.3 is 5.73 Å². The molecule has 0 saturated carbocycles. The minimum absolute atomic E-state index is 0.0345. The average molecular weight is 387 g/mol. The molecule has 0 saturated heterocycles. The number of aromatic nitrogens is 2. The number of aliphatic imine (C=N–C) groups is 1. The van der Waals surface area contributed by atoms with Gasteiger partial charge in [-0.25, -0.2) is 4.98 Å². The summed E-state index contributed by atoms with van der Waals surface area (Å²) in [6.07, 6.45) is 6.43. The Labute approximate surface area is 162 Å².